The Morgan fingerprint density at radius 2 is 1.78 bits per heavy atom. The number of hydrogen-bond acceptors (Lipinski definition) is 6. The summed E-state index contributed by atoms with van der Waals surface area (Å²) in [5.41, 5.74) is -1.89. The number of hydrogen-bond donors (Lipinski definition) is 2. The molecule has 0 spiro atoms. The average molecular weight is 575 g/mol. The minimum atomic E-state index is -1.54. The van der Waals surface area contributed by atoms with Gasteiger partial charge in [0.1, 0.15) is 11.3 Å². The van der Waals surface area contributed by atoms with E-state index in [4.69, 9.17) is 0 Å². The van der Waals surface area contributed by atoms with Crippen molar-refractivity contribution < 1.29 is 20.8 Å². The average Bonchev–Trinajstić information content (AvgIpc) is 2.90. The Kier molecular flexibility index (Phi) is 8.35. The third kappa shape index (κ3) is 5.95. The molecule has 3 aromatic rings. The molecule has 224 valence electrons. The number of amides is 1. The van der Waals surface area contributed by atoms with Crippen LogP contribution in [-0.4, -0.2) is 51.5 Å². The van der Waals surface area contributed by atoms with Crippen LogP contribution in [0, 0.1) is 23.4 Å². The van der Waals surface area contributed by atoms with Crippen molar-refractivity contribution in [3.05, 3.63) is 46.1 Å². The lowest BCUT2D eigenvalue weighted by atomic mass is 9.83. The SMILES string of the molecule is CC(C)n1c(=O)c(-c2cc(F)c(NC(=O)CC3CCC3)c(F)c2F)cc2cnc(NC3CCC(N(C)C)CC3)nc21.[HH].[HH]. The van der Waals surface area contributed by atoms with Crippen LogP contribution in [0.4, 0.5) is 24.8 Å². The summed E-state index contributed by atoms with van der Waals surface area (Å²) >= 11 is 0. The maximum Gasteiger partial charge on any atom is 0.260 e. The number of nitrogens with zero attached hydrogens (tertiary/aromatic N) is 4. The van der Waals surface area contributed by atoms with Crippen molar-refractivity contribution in [3.8, 4) is 11.1 Å². The van der Waals surface area contributed by atoms with E-state index in [9.17, 15) is 9.59 Å². The van der Waals surface area contributed by atoms with Gasteiger partial charge in [0.2, 0.25) is 11.9 Å². The summed E-state index contributed by atoms with van der Waals surface area (Å²) in [6, 6.07) is 2.48. The van der Waals surface area contributed by atoms with E-state index in [0.29, 0.717) is 23.0 Å². The van der Waals surface area contributed by atoms with Crippen LogP contribution in [0.3, 0.4) is 0 Å². The molecular weight excluding hydrogens is 533 g/mol. The molecule has 41 heavy (non-hydrogen) atoms. The molecule has 5 rings (SSSR count). The molecule has 11 heteroatoms. The number of benzene rings is 1. The van der Waals surface area contributed by atoms with Gasteiger partial charge in [-0.3, -0.25) is 14.2 Å². The fourth-order valence-corrected chi connectivity index (χ4v) is 5.84. The van der Waals surface area contributed by atoms with Gasteiger partial charge in [-0.1, -0.05) is 6.42 Å². The minimum absolute atomic E-state index is 0. The zero-order valence-corrected chi connectivity index (χ0v) is 23.9. The second-order valence-electron chi connectivity index (χ2n) is 11.9. The number of nitrogens with one attached hydrogen (secondary N) is 2. The van der Waals surface area contributed by atoms with Gasteiger partial charge in [0, 0.05) is 44.5 Å². The van der Waals surface area contributed by atoms with Crippen molar-refractivity contribution in [1.29, 1.82) is 0 Å². The first-order chi connectivity index (χ1) is 19.5. The molecule has 0 unspecified atom stereocenters. The van der Waals surface area contributed by atoms with E-state index in [2.05, 4.69) is 39.6 Å². The summed E-state index contributed by atoms with van der Waals surface area (Å²) in [4.78, 5) is 37.2. The van der Waals surface area contributed by atoms with Gasteiger partial charge in [0.05, 0.1) is 5.56 Å². The fraction of sp³-hybridized carbons (Fsp3) is 0.533. The van der Waals surface area contributed by atoms with E-state index in [1.807, 2.05) is 0 Å². The molecule has 2 aliphatic rings. The smallest absolute Gasteiger partial charge is 0.260 e. The second kappa shape index (κ2) is 11.8. The Bertz CT molecular complexity index is 1520. The van der Waals surface area contributed by atoms with Gasteiger partial charge in [0.15, 0.2) is 17.5 Å². The summed E-state index contributed by atoms with van der Waals surface area (Å²) in [7, 11) is 4.17. The Morgan fingerprint density at radius 1 is 1.07 bits per heavy atom. The van der Waals surface area contributed by atoms with Gasteiger partial charge >= 0.3 is 0 Å². The van der Waals surface area contributed by atoms with E-state index in [-0.39, 0.29) is 32.8 Å². The lowest BCUT2D eigenvalue weighted by Gasteiger charge is -2.33. The van der Waals surface area contributed by atoms with Crippen LogP contribution in [0.2, 0.25) is 0 Å². The molecule has 2 N–H and O–H groups in total. The molecule has 0 radical (unpaired) electrons. The highest BCUT2D eigenvalue weighted by molar-refractivity contribution is 5.92. The second-order valence-corrected chi connectivity index (χ2v) is 11.9. The van der Waals surface area contributed by atoms with Crippen molar-refractivity contribution in [3.63, 3.8) is 0 Å². The normalized spacial score (nSPS) is 19.5. The summed E-state index contributed by atoms with van der Waals surface area (Å²) in [5.74, 6) is -4.12. The van der Waals surface area contributed by atoms with Gasteiger partial charge in [0.25, 0.3) is 5.56 Å². The molecule has 8 nitrogen and oxygen atoms in total. The number of fused-ring (bicyclic) bond motifs is 1. The lowest BCUT2D eigenvalue weighted by molar-refractivity contribution is -0.117. The van der Waals surface area contributed by atoms with E-state index in [0.717, 1.165) is 51.0 Å². The van der Waals surface area contributed by atoms with Gasteiger partial charge in [-0.2, -0.15) is 4.98 Å². The van der Waals surface area contributed by atoms with E-state index < -0.39 is 40.2 Å². The van der Waals surface area contributed by atoms with Crippen LogP contribution < -0.4 is 16.2 Å². The number of halogens is 3. The quantitative estimate of drug-likeness (QED) is 0.304. The molecule has 2 heterocycles. The standard InChI is InChI=1S/C30H37F3N6O2.2H2/c1-16(2)39-28-18(15-34-30(37-28)35-19-8-10-20(11-9-19)38(3)4)13-22(29(39)41)21-14-23(31)27(26(33)25(21)32)36-24(40)12-17-6-5-7-17;;/h13-17,19-20H,5-12H2,1-4H3,(H,36,40)(H,34,35,37);2*1H. The van der Waals surface area contributed by atoms with Crippen molar-refractivity contribution in [2.75, 3.05) is 24.7 Å². The van der Waals surface area contributed by atoms with Crippen LogP contribution >= 0.6 is 0 Å². The molecule has 2 saturated carbocycles. The topological polar surface area (TPSA) is 92.1 Å². The van der Waals surface area contributed by atoms with Crippen LogP contribution in [0.15, 0.2) is 23.1 Å². The maximum atomic E-state index is 15.3. The number of rotatable bonds is 8. The lowest BCUT2D eigenvalue weighted by Crippen LogP contribution is -2.36. The largest absolute Gasteiger partial charge is 0.351 e. The molecular formula is C30H41F3N6O2. The minimum Gasteiger partial charge on any atom is -0.351 e. The number of pyridine rings is 1. The molecule has 2 aromatic heterocycles. The predicted molar refractivity (Wildman–Crippen MR) is 158 cm³/mol. The highest BCUT2D eigenvalue weighted by Gasteiger charge is 2.27. The molecule has 0 saturated heterocycles. The van der Waals surface area contributed by atoms with Crippen LogP contribution in [0.5, 0.6) is 0 Å². The molecule has 2 aliphatic carbocycles. The molecule has 0 aliphatic heterocycles. The number of aromatic nitrogens is 3. The van der Waals surface area contributed by atoms with Crippen molar-refractivity contribution >= 4 is 28.6 Å². The summed E-state index contributed by atoms with van der Waals surface area (Å²) < 4.78 is 46.9. The monoisotopic (exact) mass is 574 g/mol. The Labute approximate surface area is 240 Å². The van der Waals surface area contributed by atoms with Gasteiger partial charge in [-0.25, -0.2) is 18.2 Å². The molecule has 1 aromatic carbocycles. The molecule has 1 amide bonds. The van der Waals surface area contributed by atoms with Gasteiger partial charge in [-0.05, 0) is 84.5 Å². The van der Waals surface area contributed by atoms with Crippen LogP contribution in [-0.2, 0) is 4.79 Å². The van der Waals surface area contributed by atoms with Crippen molar-refractivity contribution in [2.45, 2.75) is 83.3 Å². The van der Waals surface area contributed by atoms with Crippen LogP contribution in [0.1, 0.15) is 74.1 Å². The first-order valence-corrected chi connectivity index (χ1v) is 14.4. The molecule has 0 atom stereocenters. The third-order valence-corrected chi connectivity index (χ3v) is 8.46. The zero-order chi connectivity index (χ0) is 29.4. The summed E-state index contributed by atoms with van der Waals surface area (Å²) in [6.07, 6.45) is 8.48. The van der Waals surface area contributed by atoms with E-state index in [1.165, 1.54) is 16.8 Å². The van der Waals surface area contributed by atoms with Crippen LogP contribution in [0.25, 0.3) is 22.2 Å². The predicted octanol–water partition coefficient (Wildman–Crippen LogP) is 6.36. The zero-order valence-electron chi connectivity index (χ0n) is 23.9. The van der Waals surface area contributed by atoms with E-state index in [1.54, 1.807) is 13.8 Å². The highest BCUT2D eigenvalue weighted by atomic mass is 19.2. The number of anilines is 2. The van der Waals surface area contributed by atoms with Gasteiger partial charge in [-0.15, -0.1) is 0 Å². The molecule has 0 bridgehead atoms. The first-order valence-electron chi connectivity index (χ1n) is 14.4. The highest BCUT2D eigenvalue weighted by Crippen LogP contribution is 2.33. The summed E-state index contributed by atoms with van der Waals surface area (Å²) in [6.45, 7) is 3.56. The Balaban J connectivity index is 0.00000253. The molecule has 2 fully saturated rings. The number of carbonyl (C=O) groups excluding carboxylic acids is 1. The van der Waals surface area contributed by atoms with Crippen molar-refractivity contribution in [2.24, 2.45) is 5.92 Å². The third-order valence-electron chi connectivity index (χ3n) is 8.46. The number of carbonyl (C=O) groups is 1. The van der Waals surface area contributed by atoms with E-state index >= 15 is 13.2 Å². The summed E-state index contributed by atoms with van der Waals surface area (Å²) in [5, 5.41) is 5.98. The fourth-order valence-electron chi connectivity index (χ4n) is 5.84. The first kappa shape index (κ1) is 29.0. The maximum absolute atomic E-state index is 15.3. The Hall–Kier alpha value is -3.47. The van der Waals surface area contributed by atoms with Crippen molar-refractivity contribution in [1.82, 2.24) is 19.4 Å². The Morgan fingerprint density at radius 3 is 2.39 bits per heavy atom. The van der Waals surface area contributed by atoms with Gasteiger partial charge < -0.3 is 15.5 Å².